The first-order valence-electron chi connectivity index (χ1n) is 6.45. The molecule has 0 saturated heterocycles. The number of aromatic nitrogens is 5. The van der Waals surface area contributed by atoms with Gasteiger partial charge in [-0.05, 0) is 51.1 Å². The minimum Gasteiger partial charge on any atom is -0.354 e. The normalized spacial score (nSPS) is 11.0. The Morgan fingerprint density at radius 2 is 2.10 bits per heavy atom. The van der Waals surface area contributed by atoms with E-state index in [0.29, 0.717) is 11.9 Å². The van der Waals surface area contributed by atoms with Crippen molar-refractivity contribution in [3.63, 3.8) is 0 Å². The summed E-state index contributed by atoms with van der Waals surface area (Å²) in [4.78, 5) is 14.5. The van der Waals surface area contributed by atoms with E-state index in [-0.39, 0.29) is 5.28 Å². The summed E-state index contributed by atoms with van der Waals surface area (Å²) in [5.41, 5.74) is 0. The van der Waals surface area contributed by atoms with Crippen LogP contribution in [0.15, 0.2) is 18.5 Å². The van der Waals surface area contributed by atoms with Gasteiger partial charge in [0.25, 0.3) is 5.95 Å². The Bertz CT molecular complexity index is 527. The lowest BCUT2D eigenvalue weighted by atomic mass is 10.3. The fraction of sp³-hybridized carbons (Fsp3) is 0.500. The average molecular weight is 296 g/mol. The fourth-order valence-electron chi connectivity index (χ4n) is 1.66. The molecule has 0 amide bonds. The van der Waals surface area contributed by atoms with Crippen molar-refractivity contribution in [2.45, 2.75) is 12.8 Å². The smallest absolute Gasteiger partial charge is 0.256 e. The van der Waals surface area contributed by atoms with Crippen LogP contribution in [0.3, 0.4) is 0 Å². The van der Waals surface area contributed by atoms with Gasteiger partial charge in [-0.2, -0.15) is 20.1 Å². The summed E-state index contributed by atoms with van der Waals surface area (Å²) in [6.45, 7) is 1.87. The van der Waals surface area contributed by atoms with E-state index in [1.165, 1.54) is 0 Å². The molecule has 0 aliphatic heterocycles. The Labute approximate surface area is 123 Å². The Kier molecular flexibility index (Phi) is 5.25. The molecule has 0 spiro atoms. The average Bonchev–Trinajstić information content (AvgIpc) is 2.91. The second-order valence-corrected chi connectivity index (χ2v) is 4.95. The molecule has 2 rings (SSSR count). The van der Waals surface area contributed by atoms with E-state index in [1.807, 2.05) is 0 Å². The van der Waals surface area contributed by atoms with E-state index in [0.717, 1.165) is 25.9 Å². The highest BCUT2D eigenvalue weighted by Crippen LogP contribution is 2.09. The van der Waals surface area contributed by atoms with Crippen LogP contribution >= 0.6 is 11.6 Å². The molecule has 0 bridgehead atoms. The highest BCUT2D eigenvalue weighted by Gasteiger charge is 2.06. The molecule has 2 aromatic heterocycles. The van der Waals surface area contributed by atoms with Crippen LogP contribution in [0.1, 0.15) is 12.8 Å². The van der Waals surface area contributed by atoms with Gasteiger partial charge in [0.1, 0.15) is 0 Å². The Morgan fingerprint density at radius 1 is 1.25 bits per heavy atom. The molecule has 8 heteroatoms. The zero-order valence-electron chi connectivity index (χ0n) is 11.6. The first kappa shape index (κ1) is 14.7. The summed E-state index contributed by atoms with van der Waals surface area (Å²) in [6.07, 6.45) is 5.57. The van der Waals surface area contributed by atoms with Crippen LogP contribution in [-0.4, -0.2) is 56.8 Å². The maximum Gasteiger partial charge on any atom is 0.256 e. The van der Waals surface area contributed by atoms with Crippen molar-refractivity contribution >= 4 is 17.5 Å². The number of unbranched alkanes of at least 4 members (excludes halogenated alkanes) is 1. The lowest BCUT2D eigenvalue weighted by Gasteiger charge is -2.09. The second kappa shape index (κ2) is 7.16. The van der Waals surface area contributed by atoms with Crippen molar-refractivity contribution in [3.05, 3.63) is 23.7 Å². The summed E-state index contributed by atoms with van der Waals surface area (Å²) in [5, 5.41) is 7.38. The predicted octanol–water partition coefficient (Wildman–Crippen LogP) is 1.46. The number of nitrogens with one attached hydrogen (secondary N) is 1. The molecule has 2 heterocycles. The Morgan fingerprint density at radius 3 is 2.80 bits per heavy atom. The van der Waals surface area contributed by atoms with Crippen molar-refractivity contribution in [1.29, 1.82) is 0 Å². The van der Waals surface area contributed by atoms with Crippen LogP contribution in [0.2, 0.25) is 5.28 Å². The lowest BCUT2D eigenvalue weighted by molar-refractivity contribution is 0.396. The van der Waals surface area contributed by atoms with Gasteiger partial charge in [0.05, 0.1) is 0 Å². The minimum absolute atomic E-state index is 0.154. The highest BCUT2D eigenvalue weighted by atomic mass is 35.5. The molecule has 0 saturated carbocycles. The van der Waals surface area contributed by atoms with Crippen molar-refractivity contribution < 1.29 is 0 Å². The van der Waals surface area contributed by atoms with E-state index in [4.69, 9.17) is 11.6 Å². The molecule has 0 radical (unpaired) electrons. The van der Waals surface area contributed by atoms with Gasteiger partial charge in [0.15, 0.2) is 0 Å². The first-order valence-corrected chi connectivity index (χ1v) is 6.83. The molecule has 0 fully saturated rings. The SMILES string of the molecule is CN(C)CCCCNc1nc(Cl)nc(-n2cccn2)n1. The van der Waals surface area contributed by atoms with Gasteiger partial charge in [-0.1, -0.05) is 0 Å². The quantitative estimate of drug-likeness (QED) is 0.780. The second-order valence-electron chi connectivity index (χ2n) is 4.62. The monoisotopic (exact) mass is 295 g/mol. The molecule has 0 aliphatic carbocycles. The summed E-state index contributed by atoms with van der Waals surface area (Å²) < 4.78 is 1.55. The molecule has 2 aromatic rings. The van der Waals surface area contributed by atoms with Gasteiger partial charge in [0.2, 0.25) is 11.2 Å². The van der Waals surface area contributed by atoms with Crippen molar-refractivity contribution in [3.8, 4) is 5.95 Å². The van der Waals surface area contributed by atoms with E-state index in [2.05, 4.69) is 44.4 Å². The van der Waals surface area contributed by atoms with Crippen LogP contribution in [-0.2, 0) is 0 Å². The van der Waals surface area contributed by atoms with Crippen LogP contribution in [0, 0.1) is 0 Å². The third kappa shape index (κ3) is 4.43. The van der Waals surface area contributed by atoms with E-state index in [9.17, 15) is 0 Å². The predicted molar refractivity (Wildman–Crippen MR) is 78.2 cm³/mol. The molecule has 0 unspecified atom stereocenters. The van der Waals surface area contributed by atoms with Crippen LogP contribution < -0.4 is 5.32 Å². The maximum atomic E-state index is 5.90. The third-order valence-corrected chi connectivity index (χ3v) is 2.79. The molecule has 20 heavy (non-hydrogen) atoms. The summed E-state index contributed by atoms with van der Waals surface area (Å²) >= 11 is 5.90. The molecule has 108 valence electrons. The standard InChI is InChI=1S/C12H18ClN7/c1-19(2)8-4-3-6-14-11-16-10(13)17-12(18-11)20-9-5-7-15-20/h5,7,9H,3-4,6,8H2,1-2H3,(H,14,16,17,18). The zero-order valence-corrected chi connectivity index (χ0v) is 12.4. The minimum atomic E-state index is 0.154. The Balaban J connectivity index is 1.92. The molecule has 7 nitrogen and oxygen atoms in total. The summed E-state index contributed by atoms with van der Waals surface area (Å²) in [5.74, 6) is 0.881. The summed E-state index contributed by atoms with van der Waals surface area (Å²) in [7, 11) is 4.13. The number of rotatable bonds is 7. The van der Waals surface area contributed by atoms with Gasteiger partial charge in [-0.25, -0.2) is 4.68 Å². The largest absolute Gasteiger partial charge is 0.354 e. The van der Waals surface area contributed by atoms with Gasteiger partial charge >= 0.3 is 0 Å². The van der Waals surface area contributed by atoms with Crippen LogP contribution in [0.4, 0.5) is 5.95 Å². The highest BCUT2D eigenvalue weighted by molar-refractivity contribution is 6.28. The molecular formula is C12H18ClN7. The van der Waals surface area contributed by atoms with E-state index in [1.54, 1.807) is 23.1 Å². The number of hydrogen-bond donors (Lipinski definition) is 1. The molecule has 1 N–H and O–H groups in total. The zero-order chi connectivity index (χ0) is 14.4. The van der Waals surface area contributed by atoms with Gasteiger partial charge in [-0.15, -0.1) is 0 Å². The first-order chi connectivity index (χ1) is 9.65. The lowest BCUT2D eigenvalue weighted by Crippen LogP contribution is -2.15. The van der Waals surface area contributed by atoms with Crippen LogP contribution in [0.5, 0.6) is 0 Å². The van der Waals surface area contributed by atoms with Gasteiger partial charge in [0, 0.05) is 18.9 Å². The summed E-state index contributed by atoms with van der Waals surface area (Å²) in [6, 6.07) is 1.80. The maximum absolute atomic E-state index is 5.90. The molecule has 0 aromatic carbocycles. The van der Waals surface area contributed by atoms with E-state index >= 15 is 0 Å². The number of anilines is 1. The van der Waals surface area contributed by atoms with Gasteiger partial charge < -0.3 is 10.2 Å². The van der Waals surface area contributed by atoms with E-state index < -0.39 is 0 Å². The van der Waals surface area contributed by atoms with Crippen molar-refractivity contribution in [2.24, 2.45) is 0 Å². The van der Waals surface area contributed by atoms with Crippen molar-refractivity contribution in [2.75, 3.05) is 32.5 Å². The van der Waals surface area contributed by atoms with Crippen molar-refractivity contribution in [1.82, 2.24) is 29.6 Å². The third-order valence-electron chi connectivity index (χ3n) is 2.62. The molecular weight excluding hydrogens is 278 g/mol. The number of halogens is 1. The topological polar surface area (TPSA) is 71.8 Å². The molecule has 0 aliphatic rings. The van der Waals surface area contributed by atoms with Gasteiger partial charge in [-0.3, -0.25) is 0 Å². The van der Waals surface area contributed by atoms with Crippen LogP contribution in [0.25, 0.3) is 5.95 Å². The number of nitrogens with zero attached hydrogens (tertiary/aromatic N) is 6. The fourth-order valence-corrected chi connectivity index (χ4v) is 1.82. The molecule has 0 atom stereocenters. The number of hydrogen-bond acceptors (Lipinski definition) is 6. The Hall–Kier alpha value is -1.73.